The van der Waals surface area contributed by atoms with Crippen molar-refractivity contribution in [2.75, 3.05) is 9.62 Å². The number of carbonyl (C=O) groups is 1. The Bertz CT molecular complexity index is 1200. The number of aryl methyl sites for hydroxylation is 1. The van der Waals surface area contributed by atoms with Crippen molar-refractivity contribution in [3.63, 3.8) is 0 Å². The van der Waals surface area contributed by atoms with E-state index in [0.717, 1.165) is 5.56 Å². The van der Waals surface area contributed by atoms with E-state index in [-0.39, 0.29) is 11.4 Å². The fourth-order valence-electron chi connectivity index (χ4n) is 3.01. The van der Waals surface area contributed by atoms with Gasteiger partial charge in [-0.1, -0.05) is 29.8 Å². The van der Waals surface area contributed by atoms with Crippen molar-refractivity contribution in [1.82, 2.24) is 0 Å². The molecule has 0 amide bonds. The van der Waals surface area contributed by atoms with Gasteiger partial charge in [0.15, 0.2) is 4.91 Å². The number of hydrogen-bond donors (Lipinski definition) is 1. The van der Waals surface area contributed by atoms with Crippen LogP contribution in [0.25, 0.3) is 0 Å². The fourth-order valence-corrected chi connectivity index (χ4v) is 5.49. The van der Waals surface area contributed by atoms with E-state index in [1.165, 1.54) is 46.1 Å². The zero-order chi connectivity index (χ0) is 20.6. The lowest BCUT2D eigenvalue weighted by atomic mass is 10.2. The Balaban J connectivity index is 1.73. The molecule has 0 saturated heterocycles. The normalized spacial score (nSPS) is 16.7. The molecule has 0 bridgehead atoms. The van der Waals surface area contributed by atoms with Gasteiger partial charge in [-0.3, -0.25) is 9.10 Å². The number of Topliss-reactive ketones (excluding diaryl/α,β-unsaturated/α-hetero) is 1. The van der Waals surface area contributed by atoms with Crippen molar-refractivity contribution in [2.24, 2.45) is 0 Å². The number of carbonyl (C=O) groups excluding carboxylic acids is 1. The maximum absolute atomic E-state index is 13.3. The van der Waals surface area contributed by atoms with Crippen molar-refractivity contribution in [3.8, 4) is 0 Å². The second-order valence-electron chi connectivity index (χ2n) is 6.62. The molecule has 0 fully saturated rings. The minimum absolute atomic E-state index is 0.00149. The number of rotatable bonds is 4. The third-order valence-electron chi connectivity index (χ3n) is 4.57. The van der Waals surface area contributed by atoms with E-state index in [1.54, 1.807) is 23.6 Å². The largest absolute Gasteiger partial charge is 0.360 e. The van der Waals surface area contributed by atoms with Crippen LogP contribution in [0.1, 0.15) is 20.8 Å². The van der Waals surface area contributed by atoms with Crippen LogP contribution in [0.4, 0.5) is 15.8 Å². The number of nitrogens with one attached hydrogen (secondary N) is 1. The molecule has 1 aromatic heterocycles. The molecule has 5 nitrogen and oxygen atoms in total. The van der Waals surface area contributed by atoms with Crippen molar-refractivity contribution in [1.29, 1.82) is 0 Å². The highest BCUT2D eigenvalue weighted by molar-refractivity contribution is 7.97. The van der Waals surface area contributed by atoms with Crippen molar-refractivity contribution >= 4 is 38.5 Å². The topological polar surface area (TPSA) is 66.5 Å². The van der Waals surface area contributed by atoms with Gasteiger partial charge in [-0.2, -0.15) is 0 Å². The number of benzene rings is 2. The van der Waals surface area contributed by atoms with Crippen LogP contribution in [-0.2, 0) is 16.6 Å². The lowest BCUT2D eigenvalue weighted by Gasteiger charge is -2.29. The SMILES string of the molecule is Cc1ccc(N/C=C2/C(=O)c3sccc3N(Cc3ccc(F)cc3)S2(=O)=O)cc1. The number of sulfonamides is 1. The molecule has 8 heteroatoms. The minimum atomic E-state index is -4.09. The molecule has 0 unspecified atom stereocenters. The standard InChI is InChI=1S/C21H17FN2O3S2/c1-14-2-8-17(9-3-14)23-12-19-20(25)21-18(10-11-28-21)24(29(19,26)27)13-15-4-6-16(22)7-5-15/h2-12,23H,13H2,1H3/b19-12-. The summed E-state index contributed by atoms with van der Waals surface area (Å²) in [6.45, 7) is 1.95. The molecule has 0 radical (unpaired) electrons. The van der Waals surface area contributed by atoms with Crippen molar-refractivity contribution in [2.45, 2.75) is 13.5 Å². The Kier molecular flexibility index (Phi) is 4.97. The molecule has 4 rings (SSSR count). The van der Waals surface area contributed by atoms with Gasteiger partial charge in [0, 0.05) is 11.9 Å². The monoisotopic (exact) mass is 428 g/mol. The summed E-state index contributed by atoms with van der Waals surface area (Å²) in [6, 6.07) is 14.6. The number of ketones is 1. The highest BCUT2D eigenvalue weighted by atomic mass is 32.2. The number of fused-ring (bicyclic) bond motifs is 1. The molecule has 0 saturated carbocycles. The fraction of sp³-hybridized carbons (Fsp3) is 0.0952. The van der Waals surface area contributed by atoms with Crippen LogP contribution in [0.2, 0.25) is 0 Å². The molecule has 2 heterocycles. The number of hydrogen-bond acceptors (Lipinski definition) is 5. The molecule has 1 aliphatic rings. The molecule has 0 spiro atoms. The lowest BCUT2D eigenvalue weighted by Crippen LogP contribution is -2.38. The smallest absolute Gasteiger partial charge is 0.270 e. The van der Waals surface area contributed by atoms with Crippen LogP contribution in [0.3, 0.4) is 0 Å². The predicted octanol–water partition coefficient (Wildman–Crippen LogP) is 4.68. The van der Waals surface area contributed by atoms with Crippen LogP contribution in [-0.4, -0.2) is 14.2 Å². The van der Waals surface area contributed by atoms with Gasteiger partial charge in [-0.05, 0) is 48.2 Å². The second kappa shape index (κ2) is 7.46. The first-order chi connectivity index (χ1) is 13.9. The van der Waals surface area contributed by atoms with Crippen LogP contribution in [0.15, 0.2) is 71.1 Å². The van der Waals surface area contributed by atoms with E-state index in [0.29, 0.717) is 21.8 Å². The maximum atomic E-state index is 13.3. The molecule has 3 aromatic rings. The van der Waals surface area contributed by atoms with Gasteiger partial charge in [-0.15, -0.1) is 11.3 Å². The number of anilines is 2. The van der Waals surface area contributed by atoms with Gasteiger partial charge in [0.1, 0.15) is 10.7 Å². The summed E-state index contributed by atoms with van der Waals surface area (Å²) in [5.74, 6) is -0.936. The Morgan fingerprint density at radius 2 is 1.76 bits per heavy atom. The van der Waals surface area contributed by atoms with Crippen LogP contribution >= 0.6 is 11.3 Å². The molecule has 0 atom stereocenters. The Morgan fingerprint density at radius 3 is 2.45 bits per heavy atom. The Hall–Kier alpha value is -2.97. The number of halogens is 1. The molecular weight excluding hydrogens is 411 g/mol. The Labute approximate surface area is 172 Å². The molecule has 148 valence electrons. The van der Waals surface area contributed by atoms with Crippen LogP contribution in [0, 0.1) is 12.7 Å². The van der Waals surface area contributed by atoms with E-state index in [4.69, 9.17) is 0 Å². The third kappa shape index (κ3) is 3.68. The first-order valence-electron chi connectivity index (χ1n) is 8.79. The van der Waals surface area contributed by atoms with E-state index in [2.05, 4.69) is 5.32 Å². The molecule has 2 aromatic carbocycles. The number of nitrogens with zero attached hydrogens (tertiary/aromatic N) is 1. The molecule has 1 N–H and O–H groups in total. The van der Waals surface area contributed by atoms with Crippen LogP contribution < -0.4 is 9.62 Å². The summed E-state index contributed by atoms with van der Waals surface area (Å²) < 4.78 is 40.9. The number of allylic oxidation sites excluding steroid dienone is 1. The number of thiophene rings is 1. The zero-order valence-electron chi connectivity index (χ0n) is 15.4. The van der Waals surface area contributed by atoms with Gasteiger partial charge in [0.05, 0.1) is 12.2 Å². The average Bonchev–Trinajstić information content (AvgIpc) is 3.17. The first-order valence-corrected chi connectivity index (χ1v) is 11.1. The maximum Gasteiger partial charge on any atom is 0.270 e. The molecule has 1 aliphatic heterocycles. The van der Waals surface area contributed by atoms with E-state index < -0.39 is 21.6 Å². The summed E-state index contributed by atoms with van der Waals surface area (Å²) in [5, 5.41) is 4.60. The van der Waals surface area contributed by atoms with Gasteiger partial charge < -0.3 is 5.32 Å². The van der Waals surface area contributed by atoms with Crippen molar-refractivity contribution < 1.29 is 17.6 Å². The van der Waals surface area contributed by atoms with Gasteiger partial charge in [-0.25, -0.2) is 12.8 Å². The third-order valence-corrected chi connectivity index (χ3v) is 7.24. The molecule has 0 aliphatic carbocycles. The van der Waals surface area contributed by atoms with E-state index in [9.17, 15) is 17.6 Å². The predicted molar refractivity (Wildman–Crippen MR) is 113 cm³/mol. The van der Waals surface area contributed by atoms with Gasteiger partial charge in [0.2, 0.25) is 5.78 Å². The van der Waals surface area contributed by atoms with E-state index in [1.807, 2.05) is 19.1 Å². The summed E-state index contributed by atoms with van der Waals surface area (Å²) in [4.78, 5) is 12.9. The van der Waals surface area contributed by atoms with Gasteiger partial charge in [0.25, 0.3) is 10.0 Å². The highest BCUT2D eigenvalue weighted by Crippen LogP contribution is 2.39. The lowest BCUT2D eigenvalue weighted by molar-refractivity contribution is 0.104. The minimum Gasteiger partial charge on any atom is -0.360 e. The Morgan fingerprint density at radius 1 is 1.07 bits per heavy atom. The summed E-state index contributed by atoms with van der Waals surface area (Å²) in [5.41, 5.74) is 2.70. The summed E-state index contributed by atoms with van der Waals surface area (Å²) in [7, 11) is -4.09. The van der Waals surface area contributed by atoms with Gasteiger partial charge >= 0.3 is 0 Å². The quantitative estimate of drug-likeness (QED) is 0.613. The highest BCUT2D eigenvalue weighted by Gasteiger charge is 2.41. The average molecular weight is 429 g/mol. The summed E-state index contributed by atoms with van der Waals surface area (Å²) in [6.07, 6.45) is 1.24. The molecular formula is C21H17FN2O3S2. The van der Waals surface area contributed by atoms with Crippen molar-refractivity contribution in [3.05, 3.63) is 92.9 Å². The zero-order valence-corrected chi connectivity index (χ0v) is 17.1. The summed E-state index contributed by atoms with van der Waals surface area (Å²) >= 11 is 1.19. The molecule has 29 heavy (non-hydrogen) atoms. The second-order valence-corrected chi connectivity index (χ2v) is 9.37. The van der Waals surface area contributed by atoms with Crippen LogP contribution in [0.5, 0.6) is 0 Å². The first kappa shape index (κ1) is 19.4. The van der Waals surface area contributed by atoms with E-state index >= 15 is 0 Å².